The van der Waals surface area contributed by atoms with E-state index in [0.717, 1.165) is 15.6 Å². The number of carboxylic acid groups (broad SMARTS) is 1. The lowest BCUT2D eigenvalue weighted by atomic mass is 10.1. The highest BCUT2D eigenvalue weighted by atomic mass is 79.9. The van der Waals surface area contributed by atoms with Crippen molar-refractivity contribution >= 4 is 33.5 Å². The molecule has 0 fully saturated rings. The van der Waals surface area contributed by atoms with Gasteiger partial charge in [-0.15, -0.1) is 0 Å². The predicted molar refractivity (Wildman–Crippen MR) is 133 cm³/mol. The van der Waals surface area contributed by atoms with E-state index in [1.807, 2.05) is 31.2 Å². The minimum absolute atomic E-state index is 0.0775. The summed E-state index contributed by atoms with van der Waals surface area (Å²) in [6.45, 7) is 1.88. The second-order valence-corrected chi connectivity index (χ2v) is 8.90. The van der Waals surface area contributed by atoms with Crippen LogP contribution in [0.25, 0.3) is 0 Å². The van der Waals surface area contributed by atoms with Gasteiger partial charge in [0.2, 0.25) is 0 Å². The summed E-state index contributed by atoms with van der Waals surface area (Å²) in [5, 5.41) is 30.7. The first-order valence-electron chi connectivity index (χ1n) is 10.6. The fraction of sp³-hybridized carbons (Fsp3) is 0.240. The van der Waals surface area contributed by atoms with Crippen LogP contribution in [0.5, 0.6) is 11.5 Å². The lowest BCUT2D eigenvalue weighted by molar-refractivity contribution is -0.140. The van der Waals surface area contributed by atoms with Gasteiger partial charge in [0.15, 0.2) is 0 Å². The highest BCUT2D eigenvalue weighted by Crippen LogP contribution is 2.34. The van der Waals surface area contributed by atoms with E-state index >= 15 is 0 Å². The van der Waals surface area contributed by atoms with Gasteiger partial charge < -0.3 is 19.7 Å². The maximum atomic E-state index is 11.3. The van der Waals surface area contributed by atoms with Crippen molar-refractivity contribution in [2.75, 3.05) is 6.61 Å². The fourth-order valence-electron chi connectivity index (χ4n) is 3.17. The molecule has 182 valence electrons. The highest BCUT2D eigenvalue weighted by molar-refractivity contribution is 9.10. The average Bonchev–Trinajstić information content (AvgIpc) is 2.85. The molecular weight excluding hydrogens is 538 g/mol. The Hall–Kier alpha value is -3.16. The summed E-state index contributed by atoms with van der Waals surface area (Å²) in [6, 6.07) is 11.7. The second-order valence-electron chi connectivity index (χ2n) is 7.64. The van der Waals surface area contributed by atoms with E-state index in [4.69, 9.17) is 26.3 Å². The molecule has 0 saturated carbocycles. The number of aromatic nitrogens is 1. The summed E-state index contributed by atoms with van der Waals surface area (Å²) < 4.78 is 13.0. The molecule has 3 rings (SSSR count). The van der Waals surface area contributed by atoms with E-state index in [9.17, 15) is 15.0 Å². The molecule has 8 nitrogen and oxygen atoms in total. The number of hydrogen-bond acceptors (Lipinski definition) is 7. The molecule has 3 N–H and O–H groups in total. The fourth-order valence-corrected chi connectivity index (χ4v) is 3.82. The number of benzene rings is 2. The molecule has 0 aliphatic heterocycles. The van der Waals surface area contributed by atoms with Crippen LogP contribution in [0, 0.1) is 18.3 Å². The predicted octanol–water partition coefficient (Wildman–Crippen LogP) is 4.37. The maximum Gasteiger partial charge on any atom is 0.323 e. The van der Waals surface area contributed by atoms with Crippen molar-refractivity contribution < 1.29 is 24.5 Å². The number of carbonyl (C=O) groups is 1. The number of pyridine rings is 1. The van der Waals surface area contributed by atoms with Gasteiger partial charge in [-0.1, -0.05) is 39.7 Å². The smallest absolute Gasteiger partial charge is 0.323 e. The van der Waals surface area contributed by atoms with Crippen LogP contribution in [-0.2, 0) is 24.6 Å². The van der Waals surface area contributed by atoms with Crippen molar-refractivity contribution in [2.45, 2.75) is 32.7 Å². The summed E-state index contributed by atoms with van der Waals surface area (Å²) in [5.41, 5.74) is 3.70. The SMILES string of the molecule is Cc1c(Br)cccc1COc1cc(OCc2cncc(C#N)c2)c(CNC(CO)C(=O)O)cc1Cl. The topological polar surface area (TPSA) is 125 Å². The highest BCUT2D eigenvalue weighted by Gasteiger charge is 2.18. The summed E-state index contributed by atoms with van der Waals surface area (Å²) in [5.74, 6) is -0.372. The van der Waals surface area contributed by atoms with Crippen LogP contribution in [0.4, 0.5) is 0 Å². The van der Waals surface area contributed by atoms with Crippen LogP contribution in [0.2, 0.25) is 5.02 Å². The van der Waals surface area contributed by atoms with Crippen molar-refractivity contribution in [3.05, 3.63) is 86.1 Å². The summed E-state index contributed by atoms with van der Waals surface area (Å²) in [4.78, 5) is 15.3. The van der Waals surface area contributed by atoms with E-state index in [0.29, 0.717) is 33.2 Å². The van der Waals surface area contributed by atoms with Gasteiger partial charge >= 0.3 is 5.97 Å². The Labute approximate surface area is 216 Å². The van der Waals surface area contributed by atoms with Crippen LogP contribution in [-0.4, -0.2) is 33.8 Å². The minimum atomic E-state index is -1.18. The van der Waals surface area contributed by atoms with E-state index in [2.05, 4.69) is 26.2 Å². The van der Waals surface area contributed by atoms with Crippen LogP contribution < -0.4 is 14.8 Å². The van der Waals surface area contributed by atoms with E-state index in [1.165, 1.54) is 6.20 Å². The lowest BCUT2D eigenvalue weighted by Gasteiger charge is -2.18. The molecule has 10 heteroatoms. The number of aliphatic carboxylic acids is 1. The monoisotopic (exact) mass is 559 g/mol. The molecule has 0 spiro atoms. The van der Waals surface area contributed by atoms with Crippen LogP contribution in [0.3, 0.4) is 0 Å². The number of carboxylic acids is 1. The number of nitrogens with zero attached hydrogens (tertiary/aromatic N) is 2. The Morgan fingerprint density at radius 3 is 2.69 bits per heavy atom. The van der Waals surface area contributed by atoms with E-state index in [-0.39, 0.29) is 19.8 Å². The minimum Gasteiger partial charge on any atom is -0.488 e. The Morgan fingerprint density at radius 2 is 1.97 bits per heavy atom. The Bertz CT molecular complexity index is 1250. The van der Waals surface area contributed by atoms with Crippen molar-refractivity contribution in [2.24, 2.45) is 0 Å². The first-order valence-corrected chi connectivity index (χ1v) is 11.7. The Kier molecular flexibility index (Phi) is 9.46. The number of nitrogens with one attached hydrogen (secondary N) is 1. The number of ether oxygens (including phenoxy) is 2. The molecule has 1 atom stereocenters. The Morgan fingerprint density at radius 1 is 1.20 bits per heavy atom. The largest absolute Gasteiger partial charge is 0.488 e. The molecule has 0 aliphatic carbocycles. The molecule has 2 aromatic carbocycles. The lowest BCUT2D eigenvalue weighted by Crippen LogP contribution is -2.39. The quantitative estimate of drug-likeness (QED) is 0.316. The molecule has 1 unspecified atom stereocenters. The zero-order chi connectivity index (χ0) is 25.4. The van der Waals surface area contributed by atoms with Crippen molar-refractivity contribution in [1.29, 1.82) is 5.26 Å². The number of nitriles is 1. The average molecular weight is 561 g/mol. The molecular formula is C25H23BrClN3O5. The molecule has 1 aromatic heterocycles. The van der Waals surface area contributed by atoms with Crippen molar-refractivity contribution in [3.63, 3.8) is 0 Å². The zero-order valence-electron chi connectivity index (χ0n) is 18.8. The van der Waals surface area contributed by atoms with Gasteiger partial charge in [0, 0.05) is 40.6 Å². The third-order valence-corrected chi connectivity index (χ3v) is 6.37. The van der Waals surface area contributed by atoms with Crippen molar-refractivity contribution in [3.8, 4) is 17.6 Å². The van der Waals surface area contributed by atoms with E-state index < -0.39 is 18.6 Å². The number of halogens is 2. The molecule has 0 radical (unpaired) electrons. The maximum absolute atomic E-state index is 11.3. The third kappa shape index (κ3) is 7.16. The molecule has 0 amide bonds. The number of rotatable bonds is 11. The number of aliphatic hydroxyl groups is 1. The third-order valence-electron chi connectivity index (χ3n) is 5.22. The summed E-state index contributed by atoms with van der Waals surface area (Å²) >= 11 is 9.99. The first-order chi connectivity index (χ1) is 16.8. The van der Waals surface area contributed by atoms with Gasteiger partial charge in [-0.3, -0.25) is 15.1 Å². The van der Waals surface area contributed by atoms with Gasteiger partial charge in [-0.2, -0.15) is 5.26 Å². The van der Waals surface area contributed by atoms with Gasteiger partial charge in [-0.25, -0.2) is 0 Å². The summed E-state index contributed by atoms with van der Waals surface area (Å²) in [7, 11) is 0. The van der Waals surface area contributed by atoms with Crippen LogP contribution in [0.1, 0.15) is 27.8 Å². The standard InChI is InChI=1S/C25H23BrClN3O5/c1-15-18(3-2-4-20(15)26)14-35-24-7-23(34-13-17-5-16(8-28)9-29-10-17)19(6-21(24)27)11-30-22(12-31)25(32)33/h2-7,9-10,22,30-31H,11-14H2,1H3,(H,32,33). The zero-order valence-corrected chi connectivity index (χ0v) is 21.1. The molecule has 3 aromatic rings. The van der Waals surface area contributed by atoms with Gasteiger partial charge in [-0.05, 0) is 36.2 Å². The van der Waals surface area contributed by atoms with E-state index in [1.54, 1.807) is 24.4 Å². The molecule has 0 aliphatic rings. The molecule has 1 heterocycles. The Balaban J connectivity index is 1.85. The second kappa shape index (κ2) is 12.5. The van der Waals surface area contributed by atoms with Gasteiger partial charge in [0.05, 0.1) is 17.2 Å². The van der Waals surface area contributed by atoms with Crippen molar-refractivity contribution in [1.82, 2.24) is 10.3 Å². The molecule has 35 heavy (non-hydrogen) atoms. The normalized spacial score (nSPS) is 11.5. The van der Waals surface area contributed by atoms with Gasteiger partial charge in [0.1, 0.15) is 36.8 Å². The number of aliphatic hydroxyl groups excluding tert-OH is 1. The van der Waals surface area contributed by atoms with Gasteiger partial charge in [0.25, 0.3) is 0 Å². The first kappa shape index (κ1) is 26.4. The summed E-state index contributed by atoms with van der Waals surface area (Å²) in [6.07, 6.45) is 3.05. The van der Waals surface area contributed by atoms with Crippen LogP contribution >= 0.6 is 27.5 Å². The number of hydrogen-bond donors (Lipinski definition) is 3. The van der Waals surface area contributed by atoms with Crippen LogP contribution in [0.15, 0.2) is 53.3 Å². The molecule has 0 bridgehead atoms. The molecule has 0 saturated heterocycles.